The number of rotatable bonds is 5. The van der Waals surface area contributed by atoms with Crippen LogP contribution in [0.15, 0.2) is 18.2 Å². The SMILES string of the molecule is CC(NCC(O)C(N)=O)c1ccc(Cl)cc1Cl. The maximum Gasteiger partial charge on any atom is 0.247 e. The first-order valence-electron chi connectivity index (χ1n) is 5.07. The van der Waals surface area contributed by atoms with E-state index >= 15 is 0 Å². The lowest BCUT2D eigenvalue weighted by Crippen LogP contribution is -2.38. The van der Waals surface area contributed by atoms with Crippen LogP contribution in [-0.4, -0.2) is 23.7 Å². The van der Waals surface area contributed by atoms with E-state index in [4.69, 9.17) is 28.9 Å². The molecule has 0 aliphatic heterocycles. The third-order valence-corrected chi connectivity index (χ3v) is 2.94. The number of primary amides is 1. The van der Waals surface area contributed by atoms with Gasteiger partial charge in [-0.25, -0.2) is 0 Å². The zero-order valence-corrected chi connectivity index (χ0v) is 10.8. The van der Waals surface area contributed by atoms with Gasteiger partial charge in [-0.15, -0.1) is 0 Å². The summed E-state index contributed by atoms with van der Waals surface area (Å²) in [6.07, 6.45) is -1.21. The number of hydrogen-bond acceptors (Lipinski definition) is 3. The highest BCUT2D eigenvalue weighted by molar-refractivity contribution is 6.35. The maximum absolute atomic E-state index is 10.6. The fourth-order valence-electron chi connectivity index (χ4n) is 1.35. The second-order valence-corrected chi connectivity index (χ2v) is 4.56. The molecular formula is C11H14Cl2N2O2. The van der Waals surface area contributed by atoms with Crippen molar-refractivity contribution in [3.8, 4) is 0 Å². The Bertz CT molecular complexity index is 412. The average Bonchev–Trinajstić information content (AvgIpc) is 2.25. The van der Waals surface area contributed by atoms with E-state index in [0.29, 0.717) is 10.0 Å². The molecule has 0 aromatic heterocycles. The number of nitrogens with one attached hydrogen (secondary N) is 1. The Morgan fingerprint density at radius 3 is 2.71 bits per heavy atom. The Kier molecular flexibility index (Phi) is 5.21. The van der Waals surface area contributed by atoms with Gasteiger partial charge in [-0.1, -0.05) is 29.3 Å². The van der Waals surface area contributed by atoms with Crippen LogP contribution in [0, 0.1) is 0 Å². The van der Waals surface area contributed by atoms with Crippen molar-refractivity contribution in [1.29, 1.82) is 0 Å². The average molecular weight is 277 g/mol. The minimum atomic E-state index is -1.21. The van der Waals surface area contributed by atoms with Crippen molar-refractivity contribution in [1.82, 2.24) is 5.32 Å². The molecule has 1 rings (SSSR count). The van der Waals surface area contributed by atoms with E-state index in [-0.39, 0.29) is 12.6 Å². The topological polar surface area (TPSA) is 75.3 Å². The van der Waals surface area contributed by atoms with Gasteiger partial charge in [0.1, 0.15) is 6.10 Å². The number of aliphatic hydroxyl groups is 1. The third kappa shape index (κ3) is 4.16. The Morgan fingerprint density at radius 1 is 1.53 bits per heavy atom. The number of halogens is 2. The summed E-state index contributed by atoms with van der Waals surface area (Å²) in [4.78, 5) is 10.6. The number of amides is 1. The molecule has 0 radical (unpaired) electrons. The second kappa shape index (κ2) is 6.21. The molecule has 0 saturated carbocycles. The third-order valence-electron chi connectivity index (χ3n) is 2.37. The summed E-state index contributed by atoms with van der Waals surface area (Å²) in [6.45, 7) is 1.94. The molecule has 17 heavy (non-hydrogen) atoms. The molecule has 0 spiro atoms. The first-order chi connectivity index (χ1) is 7.91. The van der Waals surface area contributed by atoms with Crippen LogP contribution in [0.4, 0.5) is 0 Å². The van der Waals surface area contributed by atoms with Crippen LogP contribution in [-0.2, 0) is 4.79 Å². The van der Waals surface area contributed by atoms with Gasteiger partial charge >= 0.3 is 0 Å². The van der Waals surface area contributed by atoms with Gasteiger partial charge in [0.05, 0.1) is 0 Å². The van der Waals surface area contributed by atoms with Crippen LogP contribution < -0.4 is 11.1 Å². The highest BCUT2D eigenvalue weighted by Crippen LogP contribution is 2.25. The molecular weight excluding hydrogens is 263 g/mol. The predicted molar refractivity (Wildman–Crippen MR) is 68.1 cm³/mol. The minimum absolute atomic E-state index is 0.0788. The van der Waals surface area contributed by atoms with Crippen LogP contribution in [0.3, 0.4) is 0 Å². The van der Waals surface area contributed by atoms with Crippen molar-refractivity contribution in [3.63, 3.8) is 0 Å². The normalized spacial score (nSPS) is 14.4. The van der Waals surface area contributed by atoms with Crippen molar-refractivity contribution in [2.75, 3.05) is 6.54 Å². The Hall–Kier alpha value is -0.810. The molecule has 4 nitrogen and oxygen atoms in total. The minimum Gasteiger partial charge on any atom is -0.382 e. The number of carbonyl (C=O) groups excluding carboxylic acids is 1. The second-order valence-electron chi connectivity index (χ2n) is 3.71. The summed E-state index contributed by atoms with van der Waals surface area (Å²) in [5, 5.41) is 13.3. The molecule has 0 fully saturated rings. The number of aliphatic hydroxyl groups excluding tert-OH is 1. The summed E-state index contributed by atoms with van der Waals surface area (Å²) in [6, 6.07) is 5.04. The molecule has 0 aliphatic rings. The molecule has 0 bridgehead atoms. The standard InChI is InChI=1S/C11H14Cl2N2O2/c1-6(15-5-10(16)11(14)17)8-3-2-7(12)4-9(8)13/h2-4,6,10,15-16H,5H2,1H3,(H2,14,17). The van der Waals surface area contributed by atoms with E-state index in [2.05, 4.69) is 5.32 Å². The van der Waals surface area contributed by atoms with Crippen molar-refractivity contribution >= 4 is 29.1 Å². The monoisotopic (exact) mass is 276 g/mol. The molecule has 0 heterocycles. The highest BCUT2D eigenvalue weighted by atomic mass is 35.5. The van der Waals surface area contributed by atoms with Crippen LogP contribution in [0.2, 0.25) is 10.0 Å². The van der Waals surface area contributed by atoms with Gasteiger partial charge in [0.25, 0.3) is 0 Å². The zero-order valence-electron chi connectivity index (χ0n) is 9.28. The molecule has 1 aromatic carbocycles. The van der Waals surface area contributed by atoms with Crippen LogP contribution in [0.1, 0.15) is 18.5 Å². The van der Waals surface area contributed by atoms with E-state index < -0.39 is 12.0 Å². The van der Waals surface area contributed by atoms with Crippen LogP contribution in [0.5, 0.6) is 0 Å². The van der Waals surface area contributed by atoms with Gasteiger partial charge in [-0.3, -0.25) is 4.79 Å². The lowest BCUT2D eigenvalue weighted by Gasteiger charge is -2.17. The molecule has 2 atom stereocenters. The summed E-state index contributed by atoms with van der Waals surface area (Å²) < 4.78 is 0. The van der Waals surface area contributed by atoms with E-state index in [1.54, 1.807) is 18.2 Å². The number of carbonyl (C=O) groups is 1. The molecule has 6 heteroatoms. The quantitative estimate of drug-likeness (QED) is 0.763. The van der Waals surface area contributed by atoms with Gasteiger partial charge in [-0.2, -0.15) is 0 Å². The molecule has 94 valence electrons. The van der Waals surface area contributed by atoms with Crippen LogP contribution in [0.25, 0.3) is 0 Å². The molecule has 0 aliphatic carbocycles. The summed E-state index contributed by atoms with van der Waals surface area (Å²) >= 11 is 11.8. The fourth-order valence-corrected chi connectivity index (χ4v) is 1.92. The summed E-state index contributed by atoms with van der Waals surface area (Å²) in [5.41, 5.74) is 5.78. The van der Waals surface area contributed by atoms with Crippen molar-refractivity contribution in [3.05, 3.63) is 33.8 Å². The molecule has 2 unspecified atom stereocenters. The number of nitrogens with two attached hydrogens (primary N) is 1. The zero-order chi connectivity index (χ0) is 13.0. The number of hydrogen-bond donors (Lipinski definition) is 3. The van der Waals surface area contributed by atoms with Crippen LogP contribution >= 0.6 is 23.2 Å². The number of benzene rings is 1. The maximum atomic E-state index is 10.6. The van der Waals surface area contributed by atoms with Crippen molar-refractivity contribution in [2.45, 2.75) is 19.1 Å². The largest absolute Gasteiger partial charge is 0.382 e. The summed E-state index contributed by atoms with van der Waals surface area (Å²) in [7, 11) is 0. The lowest BCUT2D eigenvalue weighted by atomic mass is 10.1. The van der Waals surface area contributed by atoms with Gasteiger partial charge in [0.2, 0.25) is 5.91 Å². The fraction of sp³-hybridized carbons (Fsp3) is 0.364. The molecule has 4 N–H and O–H groups in total. The molecule has 1 amide bonds. The van der Waals surface area contributed by atoms with E-state index in [9.17, 15) is 9.90 Å². The van der Waals surface area contributed by atoms with E-state index in [1.807, 2.05) is 6.92 Å². The van der Waals surface area contributed by atoms with Gasteiger partial charge in [0, 0.05) is 22.6 Å². The molecule has 0 saturated heterocycles. The predicted octanol–water partition coefficient (Wildman–Crippen LogP) is 1.49. The van der Waals surface area contributed by atoms with E-state index in [1.165, 1.54) is 0 Å². The first-order valence-corrected chi connectivity index (χ1v) is 5.83. The van der Waals surface area contributed by atoms with Gasteiger partial charge in [-0.05, 0) is 24.6 Å². The van der Waals surface area contributed by atoms with Crippen molar-refractivity contribution < 1.29 is 9.90 Å². The van der Waals surface area contributed by atoms with Gasteiger partial charge in [0.15, 0.2) is 0 Å². The van der Waals surface area contributed by atoms with E-state index in [0.717, 1.165) is 5.56 Å². The smallest absolute Gasteiger partial charge is 0.247 e. The Morgan fingerprint density at radius 2 is 2.18 bits per heavy atom. The first kappa shape index (κ1) is 14.3. The lowest BCUT2D eigenvalue weighted by molar-refractivity contribution is -0.125. The highest BCUT2D eigenvalue weighted by Gasteiger charge is 2.14. The Balaban J connectivity index is 2.64. The Labute approximate surface area is 110 Å². The van der Waals surface area contributed by atoms with Gasteiger partial charge < -0.3 is 16.2 Å². The molecule has 1 aromatic rings. The summed E-state index contributed by atoms with van der Waals surface area (Å²) in [5.74, 6) is -0.757. The van der Waals surface area contributed by atoms with Crippen molar-refractivity contribution in [2.24, 2.45) is 5.73 Å².